The molecule has 1 atom stereocenters. The maximum absolute atomic E-state index is 4.53. The molecule has 2 rings (SSSR count). The summed E-state index contributed by atoms with van der Waals surface area (Å²) in [7, 11) is 0. The van der Waals surface area contributed by atoms with Crippen molar-refractivity contribution in [3.05, 3.63) is 29.6 Å². The zero-order valence-corrected chi connectivity index (χ0v) is 9.53. The number of rotatable bonds is 2. The number of piperazine rings is 1. The van der Waals surface area contributed by atoms with E-state index in [2.05, 4.69) is 34.3 Å². The molecule has 0 aliphatic carbocycles. The fraction of sp³-hybridized carbons (Fsp3) is 0.583. The molecule has 3 heteroatoms. The SMILES string of the molecule is Cc1cccc(CN2CCN[C@H](C)C2)n1. The summed E-state index contributed by atoms with van der Waals surface area (Å²) in [5, 5.41) is 3.45. The van der Waals surface area contributed by atoms with Crippen LogP contribution >= 0.6 is 0 Å². The van der Waals surface area contributed by atoms with E-state index in [9.17, 15) is 0 Å². The van der Waals surface area contributed by atoms with Crippen LogP contribution in [-0.2, 0) is 6.54 Å². The van der Waals surface area contributed by atoms with Crippen molar-refractivity contribution in [3.63, 3.8) is 0 Å². The standard InChI is InChI=1S/C12H19N3/c1-10-4-3-5-12(14-10)9-15-7-6-13-11(2)8-15/h3-5,11,13H,6-9H2,1-2H3/t11-/m1/s1. The van der Waals surface area contributed by atoms with E-state index in [1.165, 1.54) is 5.69 Å². The van der Waals surface area contributed by atoms with Gasteiger partial charge in [-0.3, -0.25) is 9.88 Å². The fourth-order valence-electron chi connectivity index (χ4n) is 2.07. The van der Waals surface area contributed by atoms with Crippen molar-refractivity contribution in [1.29, 1.82) is 0 Å². The molecule has 0 amide bonds. The van der Waals surface area contributed by atoms with Crippen molar-refractivity contribution in [2.45, 2.75) is 26.4 Å². The van der Waals surface area contributed by atoms with Crippen molar-refractivity contribution in [2.24, 2.45) is 0 Å². The first-order valence-corrected chi connectivity index (χ1v) is 5.62. The Labute approximate surface area is 91.5 Å². The Balaban J connectivity index is 1.96. The van der Waals surface area contributed by atoms with E-state index < -0.39 is 0 Å². The van der Waals surface area contributed by atoms with Crippen molar-refractivity contribution in [3.8, 4) is 0 Å². The van der Waals surface area contributed by atoms with Gasteiger partial charge in [-0.2, -0.15) is 0 Å². The normalized spacial score (nSPS) is 22.9. The molecular weight excluding hydrogens is 186 g/mol. The van der Waals surface area contributed by atoms with E-state index in [1.54, 1.807) is 0 Å². The maximum atomic E-state index is 4.53. The van der Waals surface area contributed by atoms with E-state index >= 15 is 0 Å². The van der Waals surface area contributed by atoms with Gasteiger partial charge in [0.1, 0.15) is 0 Å². The Morgan fingerprint density at radius 3 is 3.13 bits per heavy atom. The summed E-state index contributed by atoms with van der Waals surface area (Å²) >= 11 is 0. The van der Waals surface area contributed by atoms with Crippen molar-refractivity contribution in [1.82, 2.24) is 15.2 Å². The third kappa shape index (κ3) is 3.01. The van der Waals surface area contributed by atoms with Gasteiger partial charge < -0.3 is 5.32 Å². The highest BCUT2D eigenvalue weighted by atomic mass is 15.2. The lowest BCUT2D eigenvalue weighted by molar-refractivity contribution is 0.197. The van der Waals surface area contributed by atoms with Gasteiger partial charge in [0.05, 0.1) is 5.69 Å². The highest BCUT2D eigenvalue weighted by molar-refractivity contribution is 5.09. The number of hydrogen-bond acceptors (Lipinski definition) is 3. The van der Waals surface area contributed by atoms with Gasteiger partial charge in [0, 0.05) is 37.9 Å². The first-order valence-electron chi connectivity index (χ1n) is 5.62. The molecule has 1 saturated heterocycles. The highest BCUT2D eigenvalue weighted by Crippen LogP contribution is 2.06. The molecule has 1 aromatic rings. The molecule has 1 fully saturated rings. The number of aryl methyl sites for hydroxylation is 1. The molecule has 0 bridgehead atoms. The minimum absolute atomic E-state index is 0.601. The number of aromatic nitrogens is 1. The lowest BCUT2D eigenvalue weighted by Gasteiger charge is -2.31. The molecular formula is C12H19N3. The molecule has 0 radical (unpaired) electrons. The second kappa shape index (κ2) is 4.73. The summed E-state index contributed by atoms with van der Waals surface area (Å²) in [6.07, 6.45) is 0. The van der Waals surface area contributed by atoms with Crippen LogP contribution in [0.3, 0.4) is 0 Å². The molecule has 0 spiro atoms. The minimum Gasteiger partial charge on any atom is -0.312 e. The third-order valence-corrected chi connectivity index (χ3v) is 2.78. The Bertz CT molecular complexity index is 324. The smallest absolute Gasteiger partial charge is 0.0547 e. The Kier molecular flexibility index (Phi) is 3.34. The van der Waals surface area contributed by atoms with E-state index in [1.807, 2.05) is 13.0 Å². The van der Waals surface area contributed by atoms with Gasteiger partial charge in [-0.1, -0.05) is 6.07 Å². The fourth-order valence-corrected chi connectivity index (χ4v) is 2.07. The first kappa shape index (κ1) is 10.6. The molecule has 3 nitrogen and oxygen atoms in total. The molecule has 1 aliphatic heterocycles. The van der Waals surface area contributed by atoms with Gasteiger partial charge in [-0.25, -0.2) is 0 Å². The zero-order valence-electron chi connectivity index (χ0n) is 9.53. The van der Waals surface area contributed by atoms with E-state index in [0.717, 1.165) is 31.9 Å². The van der Waals surface area contributed by atoms with Gasteiger partial charge in [0.2, 0.25) is 0 Å². The molecule has 82 valence electrons. The van der Waals surface area contributed by atoms with Gasteiger partial charge >= 0.3 is 0 Å². The van der Waals surface area contributed by atoms with E-state index in [0.29, 0.717) is 6.04 Å². The monoisotopic (exact) mass is 205 g/mol. The second-order valence-corrected chi connectivity index (χ2v) is 4.36. The quantitative estimate of drug-likeness (QED) is 0.786. The van der Waals surface area contributed by atoms with Crippen molar-refractivity contribution >= 4 is 0 Å². The Hall–Kier alpha value is -0.930. The van der Waals surface area contributed by atoms with Crippen LogP contribution < -0.4 is 5.32 Å². The van der Waals surface area contributed by atoms with Crippen LogP contribution in [0.15, 0.2) is 18.2 Å². The number of hydrogen-bond donors (Lipinski definition) is 1. The Morgan fingerprint density at radius 2 is 2.40 bits per heavy atom. The molecule has 1 aliphatic rings. The average molecular weight is 205 g/mol. The maximum Gasteiger partial charge on any atom is 0.0547 e. The molecule has 0 unspecified atom stereocenters. The molecule has 2 heterocycles. The summed E-state index contributed by atoms with van der Waals surface area (Å²) < 4.78 is 0. The average Bonchev–Trinajstić information content (AvgIpc) is 2.17. The summed E-state index contributed by atoms with van der Waals surface area (Å²) in [5.41, 5.74) is 2.29. The van der Waals surface area contributed by atoms with Crippen LogP contribution in [0.2, 0.25) is 0 Å². The highest BCUT2D eigenvalue weighted by Gasteiger charge is 2.15. The molecule has 0 aromatic carbocycles. The van der Waals surface area contributed by atoms with Gasteiger partial charge in [-0.05, 0) is 26.0 Å². The zero-order chi connectivity index (χ0) is 10.7. The summed E-state index contributed by atoms with van der Waals surface area (Å²) in [5.74, 6) is 0. The molecule has 0 saturated carbocycles. The van der Waals surface area contributed by atoms with Crippen LogP contribution in [0, 0.1) is 6.92 Å². The van der Waals surface area contributed by atoms with Crippen LogP contribution in [0.1, 0.15) is 18.3 Å². The van der Waals surface area contributed by atoms with Crippen molar-refractivity contribution in [2.75, 3.05) is 19.6 Å². The summed E-state index contributed by atoms with van der Waals surface area (Å²) in [4.78, 5) is 6.99. The van der Waals surface area contributed by atoms with Crippen LogP contribution in [0.5, 0.6) is 0 Å². The largest absolute Gasteiger partial charge is 0.312 e. The minimum atomic E-state index is 0.601. The van der Waals surface area contributed by atoms with Gasteiger partial charge in [0.15, 0.2) is 0 Å². The van der Waals surface area contributed by atoms with Gasteiger partial charge in [-0.15, -0.1) is 0 Å². The third-order valence-electron chi connectivity index (χ3n) is 2.78. The summed E-state index contributed by atoms with van der Waals surface area (Å²) in [6, 6.07) is 6.84. The summed E-state index contributed by atoms with van der Waals surface area (Å²) in [6.45, 7) is 8.59. The van der Waals surface area contributed by atoms with Crippen LogP contribution in [-0.4, -0.2) is 35.6 Å². The van der Waals surface area contributed by atoms with Crippen LogP contribution in [0.25, 0.3) is 0 Å². The number of pyridine rings is 1. The lowest BCUT2D eigenvalue weighted by atomic mass is 10.2. The number of nitrogens with one attached hydrogen (secondary N) is 1. The topological polar surface area (TPSA) is 28.2 Å². The van der Waals surface area contributed by atoms with Gasteiger partial charge in [0.25, 0.3) is 0 Å². The lowest BCUT2D eigenvalue weighted by Crippen LogP contribution is -2.48. The molecule has 15 heavy (non-hydrogen) atoms. The number of nitrogens with zero attached hydrogens (tertiary/aromatic N) is 2. The van der Waals surface area contributed by atoms with E-state index in [-0.39, 0.29) is 0 Å². The van der Waals surface area contributed by atoms with E-state index in [4.69, 9.17) is 0 Å². The predicted octanol–water partition coefficient (Wildman–Crippen LogP) is 1.18. The van der Waals surface area contributed by atoms with Crippen LogP contribution in [0.4, 0.5) is 0 Å². The second-order valence-electron chi connectivity index (χ2n) is 4.36. The molecule has 1 aromatic heterocycles. The predicted molar refractivity (Wildman–Crippen MR) is 61.7 cm³/mol. The Morgan fingerprint density at radius 1 is 1.53 bits per heavy atom. The molecule has 1 N–H and O–H groups in total. The first-order chi connectivity index (χ1) is 7.24. The van der Waals surface area contributed by atoms with Crippen molar-refractivity contribution < 1.29 is 0 Å².